The maximum Gasteiger partial charge on any atom is 0.352 e. The van der Waals surface area contributed by atoms with Crippen LogP contribution < -0.4 is 42.5 Å². The number of nitrogens with zero attached hydrogens (tertiary/aromatic N) is 12. The number of thioether (sulfide) groups is 2. The number of carboxylic acids is 3. The van der Waals surface area contributed by atoms with Gasteiger partial charge in [-0.3, -0.25) is 29.0 Å². The Morgan fingerprint density at radius 3 is 1.88 bits per heavy atom. The highest BCUT2D eigenvalue weighted by molar-refractivity contribution is 8.00. The molecule has 14 rings (SSSR count). The SMILES string of the molecule is CC(C)(O/N=C(\C(=O)C[C@@H]1C(=O)N2C(C(=O)[O-])=C(C[n+]3cccc4c3ccn4Cc3ccc(C(N)=NOC4CCNCC4)cc3F)CS[C@H]12)c1nc(N)sc1Cl)C(=O)O.CO/N=C(\C(=O)C[C@@H]1C(=O)N2C(C(=O)O)=C(C[n+]3ccc4c(ccn4Cc4ccc(C(N)=NOC5CCCCC5)cc4F)c3)CS[C@H]12)c1csc(N)n1. The maximum atomic E-state index is 15.4. The first-order valence-electron chi connectivity index (χ1n) is 35.5. The van der Waals surface area contributed by atoms with Crippen molar-refractivity contribution in [1.29, 1.82) is 0 Å². The lowest BCUT2D eigenvalue weighted by Crippen LogP contribution is -2.63. The molecule has 0 radical (unpaired) electrons. The van der Waals surface area contributed by atoms with E-state index in [0.717, 1.165) is 101 Å². The molecule has 31 nitrogen and oxygen atoms in total. The number of carbonyl (C=O) groups is 7. The molecule has 0 unspecified atom stereocenters. The van der Waals surface area contributed by atoms with E-state index in [1.54, 1.807) is 48.1 Å². The predicted molar refractivity (Wildman–Crippen MR) is 412 cm³/mol. The minimum Gasteiger partial charge on any atom is -0.543 e. The number of fused-ring (bicyclic) bond motifs is 4. The molecule has 112 heavy (non-hydrogen) atoms. The molecular formula is C74H77ClF2N17O14S4+. The number of halogens is 3. The summed E-state index contributed by atoms with van der Waals surface area (Å²) in [5.41, 5.74) is 26.2. The van der Waals surface area contributed by atoms with Crippen LogP contribution in [0.2, 0.25) is 4.34 Å². The number of Topliss-reactive ketones (excluding diaryl/α,β-unsaturated/α-hetero) is 2. The lowest BCUT2D eigenvalue weighted by atomic mass is 9.89. The van der Waals surface area contributed by atoms with E-state index in [2.05, 4.69) is 35.9 Å². The number of anilines is 2. The molecule has 2 aromatic carbocycles. The summed E-state index contributed by atoms with van der Waals surface area (Å²) in [4.78, 5) is 122. The predicted octanol–water partition coefficient (Wildman–Crippen LogP) is 5.98. The van der Waals surface area contributed by atoms with Crippen LogP contribution in [0.3, 0.4) is 0 Å². The van der Waals surface area contributed by atoms with Crippen LogP contribution in [0.1, 0.15) is 105 Å². The lowest BCUT2D eigenvalue weighted by molar-refractivity contribution is -0.687. The number of thiazole rings is 2. The summed E-state index contributed by atoms with van der Waals surface area (Å²) in [6.45, 7) is 4.91. The number of β-lactam (4-membered cyclic amide) rings is 2. The van der Waals surface area contributed by atoms with E-state index in [9.17, 15) is 48.9 Å². The van der Waals surface area contributed by atoms with E-state index >= 15 is 8.78 Å². The fourth-order valence-electron chi connectivity index (χ4n) is 13.9. The Hall–Kier alpha value is -10.9. The summed E-state index contributed by atoms with van der Waals surface area (Å²) < 4.78 is 38.1. The van der Waals surface area contributed by atoms with E-state index in [-0.39, 0.29) is 105 Å². The number of carboxylic acid groups (broad SMARTS) is 3. The second-order valence-electron chi connectivity index (χ2n) is 27.7. The molecule has 6 aliphatic rings. The van der Waals surface area contributed by atoms with Gasteiger partial charge in [-0.25, -0.2) is 32.9 Å². The molecule has 3 saturated heterocycles. The highest BCUT2D eigenvalue weighted by Gasteiger charge is 2.56. The van der Waals surface area contributed by atoms with Gasteiger partial charge < -0.3 is 76.9 Å². The van der Waals surface area contributed by atoms with Crippen LogP contribution in [0, 0.1) is 23.5 Å². The lowest BCUT2D eigenvalue weighted by Gasteiger charge is -2.50. The van der Waals surface area contributed by atoms with E-state index in [4.69, 9.17) is 53.9 Å². The van der Waals surface area contributed by atoms with Gasteiger partial charge in [-0.15, -0.1) is 34.9 Å². The molecule has 586 valence electrons. The first kappa shape index (κ1) is 79.2. The van der Waals surface area contributed by atoms with E-state index < -0.39 is 93.2 Å². The van der Waals surface area contributed by atoms with Gasteiger partial charge in [0, 0.05) is 93.7 Å². The number of pyridine rings is 2. The Kier molecular flexibility index (Phi) is 24.1. The van der Waals surface area contributed by atoms with Crippen molar-refractivity contribution < 1.29 is 86.1 Å². The van der Waals surface area contributed by atoms with Gasteiger partial charge in [0.15, 0.2) is 76.6 Å². The molecule has 0 bridgehead atoms. The summed E-state index contributed by atoms with van der Waals surface area (Å²) in [7, 11) is 1.30. The molecule has 5 aliphatic heterocycles. The van der Waals surface area contributed by atoms with Gasteiger partial charge in [0.2, 0.25) is 22.9 Å². The fraction of sp³-hybridized carbons (Fsp3) is 0.365. The van der Waals surface area contributed by atoms with Crippen LogP contribution in [0.15, 0.2) is 146 Å². The molecule has 4 fully saturated rings. The highest BCUT2D eigenvalue weighted by Crippen LogP contribution is 2.47. The zero-order valence-corrected chi connectivity index (χ0v) is 64.6. The zero-order valence-electron chi connectivity index (χ0n) is 60.5. The summed E-state index contributed by atoms with van der Waals surface area (Å²) in [5.74, 6) is -8.15. The molecule has 1 aliphatic carbocycles. The van der Waals surface area contributed by atoms with Crippen molar-refractivity contribution in [2.45, 2.75) is 126 Å². The number of hydrogen-bond donors (Lipinski definition) is 7. The summed E-state index contributed by atoms with van der Waals surface area (Å²) in [5, 5.41) is 52.8. The number of ketones is 2. The number of oxime groups is 4. The number of rotatable bonds is 28. The van der Waals surface area contributed by atoms with Gasteiger partial charge in [0.05, 0.1) is 58.2 Å². The van der Waals surface area contributed by atoms with Crippen LogP contribution in [0.4, 0.5) is 19.0 Å². The Morgan fingerprint density at radius 1 is 0.723 bits per heavy atom. The Bertz CT molecular complexity index is 5260. The van der Waals surface area contributed by atoms with Gasteiger partial charge >= 0.3 is 11.9 Å². The molecule has 0 spiro atoms. The molecule has 1 saturated carbocycles. The van der Waals surface area contributed by atoms with Gasteiger partial charge in [-0.05, 0) is 89.7 Å². The number of amides is 2. The standard InChI is InChI=1S/C38H39ClFN9O8S2.C36H37FN8O6S2/c1-38(2,36(54)55)57-45-28(29-31(39)59-37(42)44-29)27(50)15-23-33(51)49-30(35(52)53)21(18-58-34(23)49)17-47-12-3-4-25-26(47)9-13-48(25)16-20-6-5-19(14-24(20)40)32(41)46-56-22-7-10-43-11-8-22;1-50-41-30(27-19-53-36(39)40-27)29(46)14-25-33(47)45-31(35(48)49)23(18-52-34(25)45)16-43-11-10-28-22(15-43)9-12-44(28)17-21-8-7-20(13-26(21)37)32(38)42-51-24-5-3-2-4-6-24/h3-6,9,12-14,22-23,34,43H,7-8,10-11,15-18H2,1-2H3,(H5-,41,42,44,46,52,53,54,55);7-13,15,19,24-25,34H,2-6,14,16-18H2,1H3,(H4-,38,39,40,42,48,49)/p+1/b45-28+;41-30-/t23-,34-;25-,34-/m11/s1. The molecule has 38 heteroatoms. The highest BCUT2D eigenvalue weighted by atomic mass is 35.5. The smallest absolute Gasteiger partial charge is 0.352 e. The van der Waals surface area contributed by atoms with Gasteiger partial charge in [0.25, 0.3) is 0 Å². The van der Waals surface area contributed by atoms with E-state index in [1.807, 2.05) is 61.1 Å². The zero-order chi connectivity index (χ0) is 79.4. The van der Waals surface area contributed by atoms with Crippen molar-refractivity contribution >= 4 is 154 Å². The van der Waals surface area contributed by atoms with Crippen LogP contribution in [0.25, 0.3) is 21.9 Å². The Labute approximate surface area is 659 Å². The van der Waals surface area contributed by atoms with Crippen LogP contribution in [-0.4, -0.2) is 164 Å². The number of benzene rings is 2. The number of nitrogens with two attached hydrogens (primary N) is 4. The average Bonchev–Trinajstić information content (AvgIpc) is 0.890. The summed E-state index contributed by atoms with van der Waals surface area (Å²) >= 11 is 11.0. The van der Waals surface area contributed by atoms with Crippen molar-refractivity contribution in [3.05, 3.63) is 175 Å². The van der Waals surface area contributed by atoms with Crippen molar-refractivity contribution in [1.82, 2.24) is 34.2 Å². The second-order valence-corrected chi connectivity index (χ2v) is 32.5. The third-order valence-electron chi connectivity index (χ3n) is 19.8. The quantitative estimate of drug-likeness (QED) is 0.00974. The average molecular weight is 1630 g/mol. The largest absolute Gasteiger partial charge is 0.543 e. The maximum absolute atomic E-state index is 15.4. The van der Waals surface area contributed by atoms with Crippen LogP contribution >= 0.6 is 57.8 Å². The summed E-state index contributed by atoms with van der Waals surface area (Å²) in [6.07, 6.45) is 15.5. The number of amidine groups is 2. The van der Waals surface area contributed by atoms with Crippen molar-refractivity contribution in [2.75, 3.05) is 43.2 Å². The van der Waals surface area contributed by atoms with Gasteiger partial charge in [-0.2, -0.15) is 4.57 Å². The first-order valence-corrected chi connectivity index (χ1v) is 39.7. The topological polar surface area (TPSA) is 435 Å². The monoisotopic (exact) mass is 1630 g/mol. The van der Waals surface area contributed by atoms with Gasteiger partial charge in [-0.1, -0.05) is 74.2 Å². The van der Waals surface area contributed by atoms with Gasteiger partial charge in [0.1, 0.15) is 57.9 Å². The number of nitrogens with one attached hydrogen (secondary N) is 1. The molecule has 8 aromatic rings. The minimum atomic E-state index is -1.82. The number of nitrogen functional groups attached to an aromatic ring is 2. The normalized spacial score (nSPS) is 19.4. The minimum absolute atomic E-state index is 0.00122. The van der Waals surface area contributed by atoms with Crippen LogP contribution in [-0.2, 0) is 79.1 Å². The first-order chi connectivity index (χ1) is 53.7. The Balaban J connectivity index is 0.000000197. The summed E-state index contributed by atoms with van der Waals surface area (Å²) in [6, 6.07) is 18.7. The third kappa shape index (κ3) is 17.1. The molecule has 2 amide bonds. The molecule has 11 heterocycles. The second kappa shape index (κ2) is 34.0. The number of carbonyl (C=O) groups excluding carboxylic acids is 5. The fourth-order valence-corrected chi connectivity index (χ4v) is 18.2. The number of aliphatic carboxylic acids is 3. The van der Waals surface area contributed by atoms with Crippen LogP contribution in [0.5, 0.6) is 0 Å². The molecule has 11 N–H and O–H groups in total. The number of hydrogen-bond acceptors (Lipinski definition) is 25. The van der Waals surface area contributed by atoms with E-state index in [1.165, 1.54) is 67.9 Å². The number of aromatic nitrogens is 6. The molecule has 4 atom stereocenters. The third-order valence-corrected chi connectivity index (χ3v) is 24.4. The Morgan fingerprint density at radius 2 is 1.31 bits per heavy atom. The molecule has 6 aromatic heterocycles. The van der Waals surface area contributed by atoms with Crippen molar-refractivity contribution in [3.63, 3.8) is 0 Å². The van der Waals surface area contributed by atoms with Crippen molar-refractivity contribution in [2.24, 2.45) is 43.9 Å². The number of piperidine rings is 1. The molecular weight excluding hydrogens is 1550 g/mol. The van der Waals surface area contributed by atoms with Crippen molar-refractivity contribution in [3.8, 4) is 0 Å². The van der Waals surface area contributed by atoms with E-state index in [0.29, 0.717) is 39.2 Å².